The summed E-state index contributed by atoms with van der Waals surface area (Å²) in [5.74, 6) is 0.468. The Balaban J connectivity index is 2.28. The summed E-state index contributed by atoms with van der Waals surface area (Å²) in [7, 11) is 0. The average molecular weight is 363 g/mol. The van der Waals surface area contributed by atoms with E-state index >= 15 is 0 Å². The van der Waals surface area contributed by atoms with Gasteiger partial charge in [0.2, 0.25) is 0 Å². The Morgan fingerprint density at radius 1 is 1.38 bits per heavy atom. The summed E-state index contributed by atoms with van der Waals surface area (Å²) in [4.78, 5) is 12.0. The van der Waals surface area contributed by atoms with Crippen molar-refractivity contribution in [3.05, 3.63) is 51.7 Å². The predicted octanol–water partition coefficient (Wildman–Crippen LogP) is 5.08. The average Bonchev–Trinajstić information content (AvgIpc) is 3.02. The van der Waals surface area contributed by atoms with Crippen LogP contribution in [-0.4, -0.2) is 11.9 Å². The van der Waals surface area contributed by atoms with E-state index in [-0.39, 0.29) is 11.6 Å². The maximum atomic E-state index is 12.0. The fourth-order valence-corrected chi connectivity index (χ4v) is 2.34. The van der Waals surface area contributed by atoms with Crippen molar-refractivity contribution in [1.82, 2.24) is 5.32 Å². The number of furan rings is 1. The molecule has 0 saturated carbocycles. The number of amides is 1. The second-order valence-electron chi connectivity index (χ2n) is 5.28. The van der Waals surface area contributed by atoms with Crippen molar-refractivity contribution in [2.45, 2.75) is 26.3 Å². The molecule has 0 spiro atoms. The summed E-state index contributed by atoms with van der Waals surface area (Å²) in [6, 6.07) is 10.3. The van der Waals surface area contributed by atoms with Gasteiger partial charge in [0.25, 0.3) is 5.91 Å². The Morgan fingerprint density at radius 2 is 2.12 bits per heavy atom. The molecule has 0 radical (unpaired) electrons. The highest BCUT2D eigenvalue weighted by Gasteiger charge is 2.13. The molecule has 0 aliphatic rings. The third-order valence-corrected chi connectivity index (χ3v) is 4.03. The first-order valence-electron chi connectivity index (χ1n) is 7.42. The molecule has 0 aliphatic carbocycles. The first-order valence-corrected chi connectivity index (χ1v) is 8.18. The third kappa shape index (κ3) is 4.41. The van der Waals surface area contributed by atoms with Crippen LogP contribution in [0.1, 0.15) is 26.0 Å². The summed E-state index contributed by atoms with van der Waals surface area (Å²) >= 11 is 12.1. The van der Waals surface area contributed by atoms with E-state index in [1.165, 1.54) is 6.08 Å². The van der Waals surface area contributed by atoms with Crippen LogP contribution in [-0.2, 0) is 4.79 Å². The fraction of sp³-hybridized carbons (Fsp3) is 0.222. The first-order chi connectivity index (χ1) is 11.4. The molecule has 0 fully saturated rings. The molecule has 0 bridgehead atoms. The number of rotatable bonds is 5. The van der Waals surface area contributed by atoms with E-state index in [1.807, 2.05) is 19.9 Å². The van der Waals surface area contributed by atoms with Gasteiger partial charge in [0, 0.05) is 22.7 Å². The molecular weight excluding hydrogens is 347 g/mol. The second kappa shape index (κ2) is 8.05. The van der Waals surface area contributed by atoms with Crippen molar-refractivity contribution < 1.29 is 9.21 Å². The topological polar surface area (TPSA) is 66.0 Å². The summed E-state index contributed by atoms with van der Waals surface area (Å²) < 4.78 is 5.67. The number of benzene rings is 1. The van der Waals surface area contributed by atoms with Crippen molar-refractivity contribution in [3.63, 3.8) is 0 Å². The summed E-state index contributed by atoms with van der Waals surface area (Å²) in [6.07, 6.45) is 2.18. The zero-order valence-electron chi connectivity index (χ0n) is 13.3. The maximum absolute atomic E-state index is 12.0. The van der Waals surface area contributed by atoms with Gasteiger partial charge in [0.15, 0.2) is 0 Å². The molecule has 124 valence electrons. The highest BCUT2D eigenvalue weighted by molar-refractivity contribution is 6.35. The molecule has 1 aromatic heterocycles. The van der Waals surface area contributed by atoms with Crippen LogP contribution in [0.4, 0.5) is 0 Å². The fourth-order valence-electron chi connectivity index (χ4n) is 1.96. The molecule has 0 saturated heterocycles. The van der Waals surface area contributed by atoms with E-state index in [2.05, 4.69) is 5.32 Å². The molecule has 1 aromatic carbocycles. The van der Waals surface area contributed by atoms with Gasteiger partial charge >= 0.3 is 0 Å². The molecule has 0 unspecified atom stereocenters. The van der Waals surface area contributed by atoms with E-state index in [0.29, 0.717) is 27.1 Å². The Labute approximate surface area is 150 Å². The van der Waals surface area contributed by atoms with Crippen LogP contribution in [0.5, 0.6) is 0 Å². The Hall–Kier alpha value is -2.22. The number of carbonyl (C=O) groups is 1. The van der Waals surface area contributed by atoms with Gasteiger partial charge in [0.1, 0.15) is 23.2 Å². The van der Waals surface area contributed by atoms with Crippen molar-refractivity contribution >= 4 is 35.2 Å². The molecular formula is C18H16Cl2N2O2. The number of hydrogen-bond acceptors (Lipinski definition) is 3. The zero-order chi connectivity index (χ0) is 17.7. The lowest BCUT2D eigenvalue weighted by Gasteiger charge is -2.10. The van der Waals surface area contributed by atoms with E-state index in [1.54, 1.807) is 30.3 Å². The molecule has 1 amide bonds. The van der Waals surface area contributed by atoms with Gasteiger partial charge in [-0.3, -0.25) is 4.79 Å². The van der Waals surface area contributed by atoms with E-state index in [4.69, 9.17) is 27.6 Å². The van der Waals surface area contributed by atoms with Gasteiger partial charge in [-0.1, -0.05) is 30.1 Å². The number of nitriles is 1. The maximum Gasteiger partial charge on any atom is 0.262 e. The number of nitrogens with zero attached hydrogens (tertiary/aromatic N) is 1. The molecule has 1 N–H and O–H groups in total. The quantitative estimate of drug-likeness (QED) is 0.595. The summed E-state index contributed by atoms with van der Waals surface area (Å²) in [5, 5.41) is 13.0. The van der Waals surface area contributed by atoms with Gasteiger partial charge < -0.3 is 9.73 Å². The van der Waals surface area contributed by atoms with Gasteiger partial charge in [0.05, 0.1) is 5.02 Å². The Kier molecular flexibility index (Phi) is 6.08. The third-order valence-electron chi connectivity index (χ3n) is 3.46. The van der Waals surface area contributed by atoms with Crippen LogP contribution in [0, 0.1) is 11.3 Å². The Morgan fingerprint density at radius 3 is 2.79 bits per heavy atom. The zero-order valence-corrected chi connectivity index (χ0v) is 14.8. The number of nitrogens with one attached hydrogen (secondary N) is 1. The monoisotopic (exact) mass is 362 g/mol. The van der Waals surface area contributed by atoms with Crippen LogP contribution < -0.4 is 5.32 Å². The standard InChI is InChI=1S/C18H16Cl2N2O2/c1-3-11(2)22-18(23)12(10-21)8-14-5-7-17(24-14)15-9-13(19)4-6-16(15)20/h4-9,11H,3H2,1-2H3,(H,22,23)/b12-8+/t11-/m0/s1. The minimum Gasteiger partial charge on any atom is -0.457 e. The first kappa shape index (κ1) is 18.1. The smallest absolute Gasteiger partial charge is 0.262 e. The van der Waals surface area contributed by atoms with Crippen LogP contribution >= 0.6 is 23.2 Å². The van der Waals surface area contributed by atoms with Crippen LogP contribution in [0.3, 0.4) is 0 Å². The number of hydrogen-bond donors (Lipinski definition) is 1. The highest BCUT2D eigenvalue weighted by atomic mass is 35.5. The number of carbonyl (C=O) groups excluding carboxylic acids is 1. The van der Waals surface area contributed by atoms with E-state index in [0.717, 1.165) is 6.42 Å². The normalized spacial score (nSPS) is 12.5. The van der Waals surface area contributed by atoms with Gasteiger partial charge in [-0.2, -0.15) is 5.26 Å². The van der Waals surface area contributed by atoms with E-state index < -0.39 is 5.91 Å². The predicted molar refractivity (Wildman–Crippen MR) is 95.6 cm³/mol. The molecule has 4 nitrogen and oxygen atoms in total. The summed E-state index contributed by atoms with van der Waals surface area (Å²) in [5.41, 5.74) is 0.625. The highest BCUT2D eigenvalue weighted by Crippen LogP contribution is 2.32. The van der Waals surface area contributed by atoms with E-state index in [9.17, 15) is 10.1 Å². The molecule has 24 heavy (non-hydrogen) atoms. The molecule has 6 heteroatoms. The minimum absolute atomic E-state index is 0.00770. The SMILES string of the molecule is CC[C@H](C)NC(=O)/C(C#N)=C/c1ccc(-c2cc(Cl)ccc2Cl)o1. The number of halogens is 2. The molecule has 0 aliphatic heterocycles. The lowest BCUT2D eigenvalue weighted by atomic mass is 10.2. The van der Waals surface area contributed by atoms with Crippen molar-refractivity contribution in [1.29, 1.82) is 5.26 Å². The second-order valence-corrected chi connectivity index (χ2v) is 6.12. The van der Waals surface area contributed by atoms with Gasteiger partial charge in [-0.05, 0) is 43.7 Å². The lowest BCUT2D eigenvalue weighted by Crippen LogP contribution is -2.32. The summed E-state index contributed by atoms with van der Waals surface area (Å²) in [6.45, 7) is 3.83. The van der Waals surface area contributed by atoms with Gasteiger partial charge in [-0.25, -0.2) is 0 Å². The molecule has 2 aromatic rings. The molecule has 1 heterocycles. The van der Waals surface area contributed by atoms with Crippen molar-refractivity contribution in [3.8, 4) is 17.4 Å². The van der Waals surface area contributed by atoms with Crippen LogP contribution in [0.2, 0.25) is 10.0 Å². The lowest BCUT2D eigenvalue weighted by molar-refractivity contribution is -0.117. The largest absolute Gasteiger partial charge is 0.457 e. The van der Waals surface area contributed by atoms with Crippen molar-refractivity contribution in [2.24, 2.45) is 0 Å². The van der Waals surface area contributed by atoms with Crippen molar-refractivity contribution in [2.75, 3.05) is 0 Å². The Bertz CT molecular complexity index is 819. The molecule has 2 rings (SSSR count). The van der Waals surface area contributed by atoms with Gasteiger partial charge in [-0.15, -0.1) is 0 Å². The minimum atomic E-state index is -0.425. The van der Waals surface area contributed by atoms with Crippen LogP contribution in [0.15, 0.2) is 40.3 Å². The molecule has 1 atom stereocenters. The van der Waals surface area contributed by atoms with Crippen LogP contribution in [0.25, 0.3) is 17.4 Å².